The topological polar surface area (TPSA) is 20.2 Å². The highest BCUT2D eigenvalue weighted by molar-refractivity contribution is 9.11. The minimum absolute atomic E-state index is 0.166. The normalized spacial score (nSPS) is 15.7. The van der Waals surface area contributed by atoms with E-state index in [1.54, 1.807) is 11.3 Å². The quantitative estimate of drug-likeness (QED) is 0.882. The average Bonchev–Trinajstić information content (AvgIpc) is 2.49. The van der Waals surface area contributed by atoms with Gasteiger partial charge in [-0.3, -0.25) is 0 Å². The van der Waals surface area contributed by atoms with Gasteiger partial charge < -0.3 is 5.11 Å². The first kappa shape index (κ1) is 11.2. The zero-order valence-electron chi connectivity index (χ0n) is 7.96. The Kier molecular flexibility index (Phi) is 4.42. The first-order chi connectivity index (χ1) is 6.13. The van der Waals surface area contributed by atoms with Crippen LogP contribution in [0.4, 0.5) is 0 Å². The molecule has 13 heavy (non-hydrogen) atoms. The van der Waals surface area contributed by atoms with E-state index in [-0.39, 0.29) is 6.10 Å². The highest BCUT2D eigenvalue weighted by atomic mass is 79.9. The van der Waals surface area contributed by atoms with Gasteiger partial charge in [0.05, 0.1) is 9.89 Å². The number of aliphatic hydroxyl groups excluding tert-OH is 1. The van der Waals surface area contributed by atoms with Gasteiger partial charge in [0.2, 0.25) is 0 Å². The molecule has 0 fully saturated rings. The Morgan fingerprint density at radius 1 is 1.54 bits per heavy atom. The Bertz CT molecular complexity index is 259. The lowest BCUT2D eigenvalue weighted by Crippen LogP contribution is -2.17. The molecule has 2 atom stereocenters. The predicted molar refractivity (Wildman–Crippen MR) is 61.2 cm³/mol. The van der Waals surface area contributed by atoms with Crippen molar-refractivity contribution in [2.45, 2.75) is 32.8 Å². The maximum absolute atomic E-state index is 9.59. The fourth-order valence-electron chi connectivity index (χ4n) is 1.32. The van der Waals surface area contributed by atoms with Gasteiger partial charge in [0.25, 0.3) is 0 Å². The second-order valence-corrected chi connectivity index (χ2v) is 5.91. The summed E-state index contributed by atoms with van der Waals surface area (Å²) in [4.78, 5) is 1.34. The summed E-state index contributed by atoms with van der Waals surface area (Å²) in [5.41, 5.74) is 0. The third-order valence-corrected chi connectivity index (χ3v) is 3.87. The summed E-state index contributed by atoms with van der Waals surface area (Å²) >= 11 is 5.18. The van der Waals surface area contributed by atoms with Gasteiger partial charge in [-0.05, 0) is 46.8 Å². The van der Waals surface area contributed by atoms with Crippen LogP contribution in [0.2, 0.25) is 0 Å². The summed E-state index contributed by atoms with van der Waals surface area (Å²) in [6.45, 7) is 4.12. The van der Waals surface area contributed by atoms with Crippen molar-refractivity contribution in [2.24, 2.45) is 5.92 Å². The van der Waals surface area contributed by atoms with Crippen molar-refractivity contribution in [1.82, 2.24) is 0 Å². The SMILES string of the molecule is CCC(O)C(C)Cc1ccc(Br)s1. The van der Waals surface area contributed by atoms with E-state index in [1.807, 2.05) is 6.92 Å². The van der Waals surface area contributed by atoms with Crippen LogP contribution in [0.3, 0.4) is 0 Å². The Morgan fingerprint density at radius 2 is 2.23 bits per heavy atom. The smallest absolute Gasteiger partial charge is 0.0701 e. The van der Waals surface area contributed by atoms with Crippen molar-refractivity contribution in [3.63, 3.8) is 0 Å². The van der Waals surface area contributed by atoms with Crippen molar-refractivity contribution in [3.8, 4) is 0 Å². The van der Waals surface area contributed by atoms with Crippen LogP contribution >= 0.6 is 27.3 Å². The second kappa shape index (κ2) is 5.13. The molecule has 1 nitrogen and oxygen atoms in total. The predicted octanol–water partition coefficient (Wildman–Crippen LogP) is 3.46. The highest BCUT2D eigenvalue weighted by Gasteiger charge is 2.13. The molecule has 0 saturated carbocycles. The molecule has 74 valence electrons. The molecule has 1 heterocycles. The van der Waals surface area contributed by atoms with Crippen LogP contribution in [0, 0.1) is 5.92 Å². The monoisotopic (exact) mass is 262 g/mol. The van der Waals surface area contributed by atoms with Crippen LogP contribution in [-0.4, -0.2) is 11.2 Å². The zero-order valence-corrected chi connectivity index (χ0v) is 10.4. The maximum Gasteiger partial charge on any atom is 0.0701 e. The molecule has 2 unspecified atom stereocenters. The minimum Gasteiger partial charge on any atom is -0.393 e. The standard InChI is InChI=1S/C10H15BrOS/c1-3-9(12)7(2)6-8-4-5-10(11)13-8/h4-5,7,9,12H,3,6H2,1-2H3. The molecule has 3 heteroatoms. The van der Waals surface area contributed by atoms with Crippen molar-refractivity contribution >= 4 is 27.3 Å². The molecule has 1 aromatic rings. The van der Waals surface area contributed by atoms with Crippen LogP contribution < -0.4 is 0 Å². The fraction of sp³-hybridized carbons (Fsp3) is 0.600. The summed E-state index contributed by atoms with van der Waals surface area (Å²) in [5, 5.41) is 9.59. The van der Waals surface area contributed by atoms with Gasteiger partial charge in [-0.1, -0.05) is 13.8 Å². The lowest BCUT2D eigenvalue weighted by atomic mass is 9.98. The van der Waals surface area contributed by atoms with Crippen LogP contribution in [0.15, 0.2) is 15.9 Å². The molecule has 0 radical (unpaired) electrons. The highest BCUT2D eigenvalue weighted by Crippen LogP contribution is 2.25. The summed E-state index contributed by atoms with van der Waals surface area (Å²) in [6.07, 6.45) is 1.65. The minimum atomic E-state index is -0.166. The molecular formula is C10H15BrOS. The number of hydrogen-bond donors (Lipinski definition) is 1. The van der Waals surface area contributed by atoms with Crippen molar-refractivity contribution in [2.75, 3.05) is 0 Å². The Labute approximate surface area is 91.9 Å². The first-order valence-electron chi connectivity index (χ1n) is 4.55. The Hall–Kier alpha value is 0.140. The van der Waals surface area contributed by atoms with Crippen LogP contribution in [0.1, 0.15) is 25.1 Å². The number of halogens is 1. The third-order valence-electron chi connectivity index (χ3n) is 2.23. The van der Waals surface area contributed by atoms with E-state index in [4.69, 9.17) is 0 Å². The molecule has 0 saturated heterocycles. The van der Waals surface area contributed by atoms with E-state index < -0.39 is 0 Å². The molecule has 0 aliphatic rings. The van der Waals surface area contributed by atoms with Gasteiger partial charge in [-0.15, -0.1) is 11.3 Å². The van der Waals surface area contributed by atoms with Gasteiger partial charge >= 0.3 is 0 Å². The number of hydrogen-bond acceptors (Lipinski definition) is 2. The second-order valence-electron chi connectivity index (χ2n) is 3.36. The van der Waals surface area contributed by atoms with Crippen LogP contribution in [0.5, 0.6) is 0 Å². The molecular weight excluding hydrogens is 248 g/mol. The van der Waals surface area contributed by atoms with Gasteiger partial charge in [-0.2, -0.15) is 0 Å². The van der Waals surface area contributed by atoms with E-state index in [1.165, 1.54) is 8.66 Å². The van der Waals surface area contributed by atoms with E-state index >= 15 is 0 Å². The summed E-state index contributed by atoms with van der Waals surface area (Å²) < 4.78 is 1.17. The molecule has 0 amide bonds. The van der Waals surface area contributed by atoms with Gasteiger partial charge in [0.1, 0.15) is 0 Å². The van der Waals surface area contributed by atoms with E-state index in [0.29, 0.717) is 5.92 Å². The summed E-state index contributed by atoms with van der Waals surface area (Å²) in [5.74, 6) is 0.357. The summed E-state index contributed by atoms with van der Waals surface area (Å²) in [6, 6.07) is 4.18. The lowest BCUT2D eigenvalue weighted by molar-refractivity contribution is 0.113. The van der Waals surface area contributed by atoms with Crippen molar-refractivity contribution < 1.29 is 5.11 Å². The zero-order chi connectivity index (χ0) is 9.84. The Balaban J connectivity index is 2.49. The molecule has 0 aliphatic heterocycles. The fourth-order valence-corrected chi connectivity index (χ4v) is 2.94. The number of aliphatic hydroxyl groups is 1. The average molecular weight is 263 g/mol. The summed E-state index contributed by atoms with van der Waals surface area (Å²) in [7, 11) is 0. The van der Waals surface area contributed by atoms with E-state index in [0.717, 1.165) is 12.8 Å². The van der Waals surface area contributed by atoms with Gasteiger partial charge in [0, 0.05) is 4.88 Å². The molecule has 1 aromatic heterocycles. The van der Waals surface area contributed by atoms with Gasteiger partial charge in [0.15, 0.2) is 0 Å². The first-order valence-corrected chi connectivity index (χ1v) is 6.16. The molecule has 1 rings (SSSR count). The van der Waals surface area contributed by atoms with Crippen molar-refractivity contribution in [1.29, 1.82) is 0 Å². The van der Waals surface area contributed by atoms with E-state index in [9.17, 15) is 5.11 Å². The molecule has 0 aromatic carbocycles. The number of rotatable bonds is 4. The van der Waals surface area contributed by atoms with Crippen molar-refractivity contribution in [3.05, 3.63) is 20.8 Å². The molecule has 0 aliphatic carbocycles. The largest absolute Gasteiger partial charge is 0.393 e. The van der Waals surface area contributed by atoms with Crippen LogP contribution in [-0.2, 0) is 6.42 Å². The molecule has 0 bridgehead atoms. The van der Waals surface area contributed by atoms with Crippen LogP contribution in [0.25, 0.3) is 0 Å². The maximum atomic E-state index is 9.59. The number of thiophene rings is 1. The Morgan fingerprint density at radius 3 is 2.69 bits per heavy atom. The van der Waals surface area contributed by atoms with E-state index in [2.05, 4.69) is 35.0 Å². The molecule has 0 spiro atoms. The molecule has 1 N–H and O–H groups in total. The third kappa shape index (κ3) is 3.41. The van der Waals surface area contributed by atoms with Gasteiger partial charge in [-0.25, -0.2) is 0 Å². The lowest BCUT2D eigenvalue weighted by Gasteiger charge is -2.15.